The van der Waals surface area contributed by atoms with Crippen molar-refractivity contribution in [2.24, 2.45) is 0 Å². The zero-order valence-electron chi connectivity index (χ0n) is 7.72. The lowest BCUT2D eigenvalue weighted by atomic mass is 10.3. The summed E-state index contributed by atoms with van der Waals surface area (Å²) in [5, 5.41) is 0. The minimum Gasteiger partial charge on any atom is -0.358 e. The number of anilines is 1. The van der Waals surface area contributed by atoms with Crippen molar-refractivity contribution in [3.05, 3.63) is 22.3 Å². The van der Waals surface area contributed by atoms with Crippen molar-refractivity contribution in [2.45, 2.75) is 6.92 Å². The van der Waals surface area contributed by atoms with Gasteiger partial charge in [0, 0.05) is 30.1 Å². The zero-order chi connectivity index (χ0) is 9.84. The summed E-state index contributed by atoms with van der Waals surface area (Å²) in [7, 11) is 1.98. The van der Waals surface area contributed by atoms with Crippen molar-refractivity contribution in [1.82, 2.24) is 4.98 Å². The van der Waals surface area contributed by atoms with E-state index in [9.17, 15) is 0 Å². The van der Waals surface area contributed by atoms with E-state index in [-0.39, 0.29) is 0 Å². The molecular formula is C9H12BrClN2. The Balaban J connectivity index is 2.84. The first-order valence-corrected chi connectivity index (χ1v) is 5.37. The molecule has 1 aromatic rings. The molecule has 0 radical (unpaired) electrons. The van der Waals surface area contributed by atoms with Crippen LogP contribution in [0.15, 0.2) is 16.7 Å². The molecule has 72 valence electrons. The van der Waals surface area contributed by atoms with Gasteiger partial charge in [0.1, 0.15) is 5.82 Å². The van der Waals surface area contributed by atoms with E-state index < -0.39 is 0 Å². The van der Waals surface area contributed by atoms with Gasteiger partial charge >= 0.3 is 0 Å². The Labute approximate surface area is 92.0 Å². The molecule has 0 saturated carbocycles. The van der Waals surface area contributed by atoms with Gasteiger partial charge in [0.2, 0.25) is 0 Å². The molecule has 0 fully saturated rings. The summed E-state index contributed by atoms with van der Waals surface area (Å²) in [6.45, 7) is 2.86. The lowest BCUT2D eigenvalue weighted by Crippen LogP contribution is -2.20. The predicted octanol–water partition coefficient (Wildman–Crippen LogP) is 2.83. The van der Waals surface area contributed by atoms with Gasteiger partial charge in [0.05, 0.1) is 0 Å². The Morgan fingerprint density at radius 2 is 2.31 bits per heavy atom. The van der Waals surface area contributed by atoms with E-state index in [1.807, 2.05) is 31.1 Å². The normalized spacial score (nSPS) is 10.2. The number of aromatic nitrogens is 1. The van der Waals surface area contributed by atoms with Gasteiger partial charge in [-0.2, -0.15) is 0 Å². The van der Waals surface area contributed by atoms with Crippen LogP contribution in [0.2, 0.25) is 0 Å². The standard InChI is InChI=1S/C9H12BrClN2/c1-7-5-9(12-6-8(7)10)13(2)4-3-11/h5-6H,3-4H2,1-2H3. The van der Waals surface area contributed by atoms with Gasteiger partial charge in [-0.15, -0.1) is 11.6 Å². The summed E-state index contributed by atoms with van der Waals surface area (Å²) < 4.78 is 1.04. The molecule has 2 nitrogen and oxygen atoms in total. The molecule has 0 aliphatic rings. The first kappa shape index (κ1) is 10.8. The second-order valence-corrected chi connectivity index (χ2v) is 4.13. The lowest BCUT2D eigenvalue weighted by molar-refractivity contribution is 0.939. The average molecular weight is 264 g/mol. The molecule has 0 bridgehead atoms. The van der Waals surface area contributed by atoms with Crippen molar-refractivity contribution in [3.8, 4) is 0 Å². The Hall–Kier alpha value is -0.280. The van der Waals surface area contributed by atoms with Gasteiger partial charge in [0.15, 0.2) is 0 Å². The van der Waals surface area contributed by atoms with Crippen molar-refractivity contribution < 1.29 is 0 Å². The summed E-state index contributed by atoms with van der Waals surface area (Å²) >= 11 is 9.05. The fraction of sp³-hybridized carbons (Fsp3) is 0.444. The number of nitrogens with zero attached hydrogens (tertiary/aromatic N) is 2. The third kappa shape index (κ3) is 2.85. The Bertz CT molecular complexity index is 291. The number of pyridine rings is 1. The monoisotopic (exact) mass is 262 g/mol. The number of rotatable bonds is 3. The third-order valence-corrected chi connectivity index (χ3v) is 2.84. The third-order valence-electron chi connectivity index (χ3n) is 1.84. The molecule has 0 amide bonds. The summed E-state index contributed by atoms with van der Waals surface area (Å²) in [6, 6.07) is 2.04. The Morgan fingerprint density at radius 1 is 1.62 bits per heavy atom. The van der Waals surface area contributed by atoms with Crippen LogP contribution >= 0.6 is 27.5 Å². The second-order valence-electron chi connectivity index (χ2n) is 2.90. The SMILES string of the molecule is Cc1cc(N(C)CCCl)ncc1Br. The van der Waals surface area contributed by atoms with Crippen LogP contribution in [0.5, 0.6) is 0 Å². The number of hydrogen-bond acceptors (Lipinski definition) is 2. The molecule has 4 heteroatoms. The molecule has 0 saturated heterocycles. The maximum absolute atomic E-state index is 5.64. The largest absolute Gasteiger partial charge is 0.358 e. The van der Waals surface area contributed by atoms with E-state index in [1.165, 1.54) is 5.56 Å². The maximum Gasteiger partial charge on any atom is 0.128 e. The quantitative estimate of drug-likeness (QED) is 0.780. The number of aryl methyl sites for hydroxylation is 1. The van der Waals surface area contributed by atoms with Gasteiger partial charge in [-0.05, 0) is 34.5 Å². The summed E-state index contributed by atoms with van der Waals surface area (Å²) in [5.41, 5.74) is 1.19. The number of halogens is 2. The molecule has 1 rings (SSSR count). The van der Waals surface area contributed by atoms with E-state index in [2.05, 4.69) is 20.9 Å². The van der Waals surface area contributed by atoms with Crippen molar-refractivity contribution in [2.75, 3.05) is 24.4 Å². The predicted molar refractivity (Wildman–Crippen MR) is 60.7 cm³/mol. The molecule has 0 aliphatic heterocycles. The van der Waals surface area contributed by atoms with E-state index in [0.717, 1.165) is 16.8 Å². The molecule has 0 aromatic carbocycles. The van der Waals surface area contributed by atoms with Gasteiger partial charge in [0.25, 0.3) is 0 Å². The molecular weight excluding hydrogens is 251 g/mol. The topological polar surface area (TPSA) is 16.1 Å². The van der Waals surface area contributed by atoms with Gasteiger partial charge in [-0.25, -0.2) is 4.98 Å². The smallest absolute Gasteiger partial charge is 0.128 e. The van der Waals surface area contributed by atoms with Crippen LogP contribution in [-0.2, 0) is 0 Å². The molecule has 1 heterocycles. The van der Waals surface area contributed by atoms with Crippen LogP contribution < -0.4 is 4.90 Å². The van der Waals surface area contributed by atoms with E-state index >= 15 is 0 Å². The van der Waals surface area contributed by atoms with Crippen LogP contribution in [0.4, 0.5) is 5.82 Å². The molecule has 0 aliphatic carbocycles. The fourth-order valence-electron chi connectivity index (χ4n) is 0.975. The fourth-order valence-corrected chi connectivity index (χ4v) is 1.44. The first-order valence-electron chi connectivity index (χ1n) is 4.04. The van der Waals surface area contributed by atoms with Crippen LogP contribution in [0.1, 0.15) is 5.56 Å². The second kappa shape index (κ2) is 4.82. The first-order chi connectivity index (χ1) is 6.15. The maximum atomic E-state index is 5.64. The van der Waals surface area contributed by atoms with E-state index in [4.69, 9.17) is 11.6 Å². The minimum atomic E-state index is 0.618. The highest BCUT2D eigenvalue weighted by atomic mass is 79.9. The van der Waals surface area contributed by atoms with Gasteiger partial charge < -0.3 is 4.90 Å². The van der Waals surface area contributed by atoms with Crippen LogP contribution in [0.3, 0.4) is 0 Å². The summed E-state index contributed by atoms with van der Waals surface area (Å²) in [6.07, 6.45) is 1.81. The number of hydrogen-bond donors (Lipinski definition) is 0. The van der Waals surface area contributed by atoms with Crippen LogP contribution in [0.25, 0.3) is 0 Å². The Kier molecular flexibility index (Phi) is 4.00. The van der Waals surface area contributed by atoms with Crippen molar-refractivity contribution in [1.29, 1.82) is 0 Å². The van der Waals surface area contributed by atoms with Crippen LogP contribution in [0, 0.1) is 6.92 Å². The summed E-state index contributed by atoms with van der Waals surface area (Å²) in [5.74, 6) is 1.58. The number of alkyl halides is 1. The molecule has 1 aromatic heterocycles. The molecule has 0 N–H and O–H groups in total. The Morgan fingerprint density at radius 3 is 2.85 bits per heavy atom. The lowest BCUT2D eigenvalue weighted by Gasteiger charge is -2.16. The molecule has 0 unspecified atom stereocenters. The van der Waals surface area contributed by atoms with E-state index in [1.54, 1.807) is 0 Å². The molecule has 0 spiro atoms. The summed E-state index contributed by atoms with van der Waals surface area (Å²) in [4.78, 5) is 6.31. The highest BCUT2D eigenvalue weighted by molar-refractivity contribution is 9.10. The minimum absolute atomic E-state index is 0.618. The van der Waals surface area contributed by atoms with Gasteiger partial charge in [-0.3, -0.25) is 0 Å². The zero-order valence-corrected chi connectivity index (χ0v) is 10.1. The van der Waals surface area contributed by atoms with Crippen molar-refractivity contribution >= 4 is 33.3 Å². The van der Waals surface area contributed by atoms with Gasteiger partial charge in [-0.1, -0.05) is 0 Å². The highest BCUT2D eigenvalue weighted by Gasteiger charge is 2.03. The molecule has 13 heavy (non-hydrogen) atoms. The average Bonchev–Trinajstić information content (AvgIpc) is 2.10. The van der Waals surface area contributed by atoms with Crippen molar-refractivity contribution in [3.63, 3.8) is 0 Å². The molecule has 0 atom stereocenters. The van der Waals surface area contributed by atoms with E-state index in [0.29, 0.717) is 5.88 Å². The highest BCUT2D eigenvalue weighted by Crippen LogP contribution is 2.18. The van der Waals surface area contributed by atoms with Crippen LogP contribution in [-0.4, -0.2) is 24.5 Å².